The number of nitrogens with one attached hydrogen (secondary N) is 2. The van der Waals surface area contributed by atoms with E-state index >= 15 is 0 Å². The van der Waals surface area contributed by atoms with Gasteiger partial charge in [-0.15, -0.1) is 0 Å². The number of ether oxygens (including phenoxy) is 2. The molecule has 1 spiro atoms. The van der Waals surface area contributed by atoms with Crippen LogP contribution in [0.1, 0.15) is 76.8 Å². The van der Waals surface area contributed by atoms with E-state index in [1.165, 1.54) is 16.7 Å². The molecule has 2 fully saturated rings. The molecular formula is C49H72N2O7. The maximum atomic E-state index is 12.9. The Kier molecular flexibility index (Phi) is 16.7. The lowest BCUT2D eigenvalue weighted by atomic mass is 9.45. The highest BCUT2D eigenvalue weighted by atomic mass is 16.5. The molecule has 3 aliphatic carbocycles. The van der Waals surface area contributed by atoms with E-state index in [1.807, 2.05) is 26.1 Å². The fourth-order valence-electron chi connectivity index (χ4n) is 10.9. The Morgan fingerprint density at radius 3 is 2.66 bits per heavy atom. The number of hydrogen-bond donors (Lipinski definition) is 6. The van der Waals surface area contributed by atoms with Gasteiger partial charge in [-0.3, -0.25) is 4.79 Å². The standard InChI is InChI=1S/C49H72N2O7/c1-34-13-14-40(28-37-10-8-11-38(27-37)29-47(4,51-31-34)21-25-57-6)35(2)9-7-12-42(33-58-26-24-53)43-17-19-49(46(43)55)45-39(18-23-52)15-16-41(44(45)36(3)32-54)30-48(49,56)20-22-50-5/h7-13,15-16,27,32,39-41,43,45-46,50-53,55-56H,2,14,17-26,28-31,33H2,1,3-6H3/t39-,40+,41+,43-,45-,46-,47-,48-,49-/m1/s1. The summed E-state index contributed by atoms with van der Waals surface area (Å²) in [6, 6.07) is 8.91. The molecule has 4 aliphatic rings. The summed E-state index contributed by atoms with van der Waals surface area (Å²) in [4.78, 5) is 12.4. The van der Waals surface area contributed by atoms with Gasteiger partial charge in [0, 0.05) is 49.7 Å². The Bertz CT molecular complexity index is 1710. The van der Waals surface area contributed by atoms with Crippen LogP contribution in [0.25, 0.3) is 0 Å². The second kappa shape index (κ2) is 21.0. The molecule has 58 heavy (non-hydrogen) atoms. The zero-order valence-electron chi connectivity index (χ0n) is 35.8. The molecule has 1 aromatic rings. The zero-order valence-corrected chi connectivity index (χ0v) is 35.8. The molecule has 0 radical (unpaired) electrons. The van der Waals surface area contributed by atoms with Gasteiger partial charge in [-0.1, -0.05) is 84.0 Å². The molecule has 1 aromatic carbocycles. The average molecular weight is 801 g/mol. The predicted molar refractivity (Wildman–Crippen MR) is 232 cm³/mol. The minimum absolute atomic E-state index is 0.0318. The second-order valence-electron chi connectivity index (χ2n) is 17.9. The second-order valence-corrected chi connectivity index (χ2v) is 17.9. The van der Waals surface area contributed by atoms with Crippen LogP contribution in [0.15, 0.2) is 95.2 Å². The number of allylic oxidation sites excluding steroid dienone is 9. The highest BCUT2D eigenvalue weighted by Gasteiger charge is 2.68. The lowest BCUT2D eigenvalue weighted by Crippen LogP contribution is -2.65. The molecule has 9 heteroatoms. The Morgan fingerprint density at radius 2 is 1.93 bits per heavy atom. The summed E-state index contributed by atoms with van der Waals surface area (Å²) in [5.41, 5.74) is 5.16. The Balaban J connectivity index is 1.47. The van der Waals surface area contributed by atoms with Crippen LogP contribution in [-0.2, 0) is 27.1 Å². The molecule has 320 valence electrons. The van der Waals surface area contributed by atoms with Crippen molar-refractivity contribution < 1.29 is 34.7 Å². The van der Waals surface area contributed by atoms with Gasteiger partial charge >= 0.3 is 0 Å². The smallest absolute Gasteiger partial charge is 0.145 e. The largest absolute Gasteiger partial charge is 0.396 e. The van der Waals surface area contributed by atoms with Gasteiger partial charge in [-0.2, -0.15) is 0 Å². The molecule has 2 saturated carbocycles. The SMILES string of the molecule is C=C(C=CC=C(COCCO)[C@H]1CC[C@]2([C@@H]1O)[C@H]1C(=C(C)C=O)[C@@H](C=C[C@@H]1CCO)C[C@]2(O)CCNC)[C@H]1CC=C(C)CN[C@](C)(CCOC)Cc2cccc(c2)C1. The summed E-state index contributed by atoms with van der Waals surface area (Å²) >= 11 is 0. The third-order valence-electron chi connectivity index (χ3n) is 14.0. The number of aliphatic hydroxyl groups excluding tert-OH is 3. The third kappa shape index (κ3) is 10.3. The first kappa shape index (κ1) is 46.1. The van der Waals surface area contributed by atoms with Crippen molar-refractivity contribution in [3.05, 3.63) is 106 Å². The van der Waals surface area contributed by atoms with Crippen molar-refractivity contribution in [2.24, 2.45) is 35.0 Å². The van der Waals surface area contributed by atoms with Crippen LogP contribution in [0.4, 0.5) is 0 Å². The maximum absolute atomic E-state index is 12.9. The molecule has 0 saturated heterocycles. The van der Waals surface area contributed by atoms with E-state index in [-0.39, 0.29) is 61.6 Å². The van der Waals surface area contributed by atoms with Crippen molar-refractivity contribution >= 4 is 6.29 Å². The van der Waals surface area contributed by atoms with E-state index in [9.17, 15) is 25.2 Å². The van der Waals surface area contributed by atoms with Crippen molar-refractivity contribution in [2.75, 3.05) is 60.3 Å². The van der Waals surface area contributed by atoms with E-state index < -0.39 is 17.1 Å². The first-order valence-corrected chi connectivity index (χ1v) is 21.6. The van der Waals surface area contributed by atoms with Crippen molar-refractivity contribution in [3.8, 4) is 0 Å². The van der Waals surface area contributed by atoms with E-state index in [1.54, 1.807) is 7.11 Å². The number of benzene rings is 1. The Hall–Kier alpha value is -2.99. The lowest BCUT2D eigenvalue weighted by molar-refractivity contribution is -0.194. The third-order valence-corrected chi connectivity index (χ3v) is 14.0. The minimum Gasteiger partial charge on any atom is -0.396 e. The van der Waals surface area contributed by atoms with Gasteiger partial charge in [-0.05, 0) is 132 Å². The van der Waals surface area contributed by atoms with Crippen LogP contribution < -0.4 is 10.6 Å². The summed E-state index contributed by atoms with van der Waals surface area (Å²) in [7, 11) is 3.63. The fourth-order valence-corrected chi connectivity index (χ4v) is 10.9. The van der Waals surface area contributed by atoms with Crippen LogP contribution in [-0.4, -0.2) is 104 Å². The van der Waals surface area contributed by atoms with E-state index in [0.717, 1.165) is 55.2 Å². The van der Waals surface area contributed by atoms with Crippen molar-refractivity contribution in [2.45, 2.75) is 95.8 Å². The molecule has 5 rings (SSSR count). The molecule has 9 nitrogen and oxygen atoms in total. The number of carbonyl (C=O) groups is 1. The predicted octanol–water partition coefficient (Wildman–Crippen LogP) is 5.99. The van der Waals surface area contributed by atoms with Crippen LogP contribution in [0.3, 0.4) is 0 Å². The van der Waals surface area contributed by atoms with Gasteiger partial charge < -0.3 is 40.5 Å². The van der Waals surface area contributed by atoms with E-state index in [2.05, 4.69) is 79.6 Å². The van der Waals surface area contributed by atoms with Gasteiger partial charge in [0.15, 0.2) is 0 Å². The quantitative estimate of drug-likeness (QED) is 0.0369. The Labute approximate surface area is 348 Å². The maximum Gasteiger partial charge on any atom is 0.145 e. The number of fused-ring (bicyclic) bond motifs is 5. The number of rotatable bonds is 17. The Morgan fingerprint density at radius 1 is 1.14 bits per heavy atom. The summed E-state index contributed by atoms with van der Waals surface area (Å²) in [6.45, 7) is 13.2. The minimum atomic E-state index is -1.22. The first-order valence-electron chi connectivity index (χ1n) is 21.6. The fraction of sp³-hybridized carbons (Fsp3) is 0.612. The molecule has 1 heterocycles. The van der Waals surface area contributed by atoms with E-state index in [0.29, 0.717) is 50.8 Å². The number of hydrogen-bond acceptors (Lipinski definition) is 9. The first-order chi connectivity index (χ1) is 27.9. The number of methoxy groups -OCH3 is 1. The van der Waals surface area contributed by atoms with Gasteiger partial charge in [-0.25, -0.2) is 0 Å². The van der Waals surface area contributed by atoms with Crippen LogP contribution in [0, 0.1) is 35.0 Å². The summed E-state index contributed by atoms with van der Waals surface area (Å²) < 4.78 is 11.4. The van der Waals surface area contributed by atoms with Crippen LogP contribution >= 0.6 is 0 Å². The zero-order chi connectivity index (χ0) is 41.9. The van der Waals surface area contributed by atoms with Gasteiger partial charge in [0.1, 0.15) is 6.29 Å². The van der Waals surface area contributed by atoms with Crippen molar-refractivity contribution in [3.63, 3.8) is 0 Å². The summed E-state index contributed by atoms with van der Waals surface area (Å²) in [5, 5.41) is 52.6. The number of aliphatic hydroxyl groups is 4. The van der Waals surface area contributed by atoms with Crippen LogP contribution in [0.2, 0.25) is 0 Å². The summed E-state index contributed by atoms with van der Waals surface area (Å²) in [5.74, 6) is -0.715. The molecule has 9 atom stereocenters. The van der Waals surface area contributed by atoms with Crippen molar-refractivity contribution in [1.29, 1.82) is 0 Å². The lowest BCUT2D eigenvalue weighted by Gasteiger charge is -2.61. The number of carbonyl (C=O) groups excluding carboxylic acids is 1. The molecule has 6 N–H and O–H groups in total. The average Bonchev–Trinajstić information content (AvgIpc) is 3.56. The van der Waals surface area contributed by atoms with Gasteiger partial charge in [0.05, 0.1) is 31.5 Å². The molecule has 4 bridgehead atoms. The summed E-state index contributed by atoms with van der Waals surface area (Å²) in [6.07, 6.45) is 18.7. The highest BCUT2D eigenvalue weighted by Crippen LogP contribution is 2.67. The number of aldehydes is 1. The molecule has 0 aromatic heterocycles. The normalized spacial score (nSPS) is 33.8. The molecule has 1 aliphatic heterocycles. The van der Waals surface area contributed by atoms with Gasteiger partial charge in [0.25, 0.3) is 0 Å². The molecule has 0 unspecified atom stereocenters. The monoisotopic (exact) mass is 801 g/mol. The highest BCUT2D eigenvalue weighted by molar-refractivity contribution is 5.74. The van der Waals surface area contributed by atoms with Crippen molar-refractivity contribution in [1.82, 2.24) is 10.6 Å². The van der Waals surface area contributed by atoms with E-state index in [4.69, 9.17) is 9.47 Å². The van der Waals surface area contributed by atoms with Crippen LogP contribution in [0.5, 0.6) is 0 Å². The topological polar surface area (TPSA) is 141 Å². The van der Waals surface area contributed by atoms with Gasteiger partial charge in [0.2, 0.25) is 0 Å². The molecule has 0 amide bonds. The molecular weight excluding hydrogens is 729 g/mol.